The second-order valence-corrected chi connectivity index (χ2v) is 5.45. The van der Waals surface area contributed by atoms with Crippen LogP contribution in [-0.4, -0.2) is 21.6 Å². The average Bonchev–Trinajstić information content (AvgIpc) is 2.92. The highest BCUT2D eigenvalue weighted by Gasteiger charge is 2.08. The maximum absolute atomic E-state index is 5.73. The van der Waals surface area contributed by atoms with Crippen molar-refractivity contribution in [1.29, 1.82) is 0 Å². The minimum atomic E-state index is 0.776. The number of hydrogen-bond acceptors (Lipinski definition) is 3. The van der Waals surface area contributed by atoms with E-state index in [9.17, 15) is 0 Å². The monoisotopic (exact) mass is 287 g/mol. The molecule has 114 valence electrons. The first-order valence-electron chi connectivity index (χ1n) is 7.76. The molecule has 21 heavy (non-hydrogen) atoms. The summed E-state index contributed by atoms with van der Waals surface area (Å²) in [5.74, 6) is 0.979. The SMILES string of the molecule is CCCOc1cc(C)c(CCc2cn(CC)nn2)c(C)c1. The molecule has 0 fully saturated rings. The molecule has 0 aliphatic carbocycles. The smallest absolute Gasteiger partial charge is 0.119 e. The molecule has 4 nitrogen and oxygen atoms in total. The Kier molecular flexibility index (Phi) is 5.37. The number of nitrogens with zero attached hydrogens (tertiary/aromatic N) is 3. The summed E-state index contributed by atoms with van der Waals surface area (Å²) in [6.45, 7) is 10.2. The highest BCUT2D eigenvalue weighted by Crippen LogP contribution is 2.23. The van der Waals surface area contributed by atoms with E-state index in [1.165, 1.54) is 16.7 Å². The standard InChI is InChI=1S/C17H25N3O/c1-5-9-21-16-10-13(3)17(14(4)11-16)8-7-15-12-20(6-2)19-18-15/h10-12H,5-9H2,1-4H3. The molecule has 0 spiro atoms. The fraction of sp³-hybridized carbons (Fsp3) is 0.529. The van der Waals surface area contributed by atoms with Crippen LogP contribution in [0.4, 0.5) is 0 Å². The summed E-state index contributed by atoms with van der Waals surface area (Å²) in [5.41, 5.74) is 5.04. The number of aryl methyl sites for hydroxylation is 4. The lowest BCUT2D eigenvalue weighted by Crippen LogP contribution is -2.01. The topological polar surface area (TPSA) is 39.9 Å². The first-order chi connectivity index (χ1) is 10.1. The highest BCUT2D eigenvalue weighted by molar-refractivity contribution is 5.41. The van der Waals surface area contributed by atoms with Crippen molar-refractivity contribution >= 4 is 0 Å². The fourth-order valence-electron chi connectivity index (χ4n) is 2.51. The third-order valence-electron chi connectivity index (χ3n) is 3.68. The van der Waals surface area contributed by atoms with Gasteiger partial charge < -0.3 is 4.74 Å². The minimum absolute atomic E-state index is 0.776. The fourth-order valence-corrected chi connectivity index (χ4v) is 2.51. The first-order valence-corrected chi connectivity index (χ1v) is 7.76. The quantitative estimate of drug-likeness (QED) is 0.782. The summed E-state index contributed by atoms with van der Waals surface area (Å²) in [4.78, 5) is 0. The zero-order valence-corrected chi connectivity index (χ0v) is 13.5. The molecule has 1 aromatic heterocycles. The van der Waals surface area contributed by atoms with Gasteiger partial charge in [0.2, 0.25) is 0 Å². The predicted octanol–water partition coefficient (Wildman–Crippen LogP) is 3.49. The molecule has 0 bridgehead atoms. The van der Waals surface area contributed by atoms with Crippen LogP contribution in [0.1, 0.15) is 42.7 Å². The molecule has 0 saturated heterocycles. The Labute approximate surface area is 127 Å². The Morgan fingerprint density at radius 3 is 2.38 bits per heavy atom. The Morgan fingerprint density at radius 2 is 1.81 bits per heavy atom. The molecule has 0 N–H and O–H groups in total. The normalized spacial score (nSPS) is 10.9. The van der Waals surface area contributed by atoms with Gasteiger partial charge in [0.1, 0.15) is 5.75 Å². The molecule has 2 rings (SSSR count). The van der Waals surface area contributed by atoms with Crippen LogP contribution in [0.5, 0.6) is 5.75 Å². The molecule has 1 aromatic carbocycles. The van der Waals surface area contributed by atoms with E-state index in [2.05, 4.69) is 50.1 Å². The molecule has 0 amide bonds. The van der Waals surface area contributed by atoms with Gasteiger partial charge in [0.25, 0.3) is 0 Å². The Hall–Kier alpha value is -1.84. The van der Waals surface area contributed by atoms with Crippen molar-refractivity contribution in [2.75, 3.05) is 6.61 Å². The number of aromatic nitrogens is 3. The van der Waals surface area contributed by atoms with E-state index in [4.69, 9.17) is 4.74 Å². The molecule has 2 aromatic rings. The zero-order valence-electron chi connectivity index (χ0n) is 13.5. The predicted molar refractivity (Wildman–Crippen MR) is 84.8 cm³/mol. The van der Waals surface area contributed by atoms with E-state index in [-0.39, 0.29) is 0 Å². The van der Waals surface area contributed by atoms with E-state index in [0.717, 1.165) is 43.9 Å². The van der Waals surface area contributed by atoms with Crippen molar-refractivity contribution in [2.45, 2.75) is 53.5 Å². The van der Waals surface area contributed by atoms with Crippen molar-refractivity contribution in [1.82, 2.24) is 15.0 Å². The summed E-state index contributed by atoms with van der Waals surface area (Å²) < 4.78 is 7.60. The van der Waals surface area contributed by atoms with E-state index >= 15 is 0 Å². The minimum Gasteiger partial charge on any atom is -0.494 e. The average molecular weight is 287 g/mol. The number of rotatable bonds is 7. The van der Waals surface area contributed by atoms with Gasteiger partial charge in [-0.15, -0.1) is 5.10 Å². The van der Waals surface area contributed by atoms with Crippen LogP contribution in [0.2, 0.25) is 0 Å². The maximum Gasteiger partial charge on any atom is 0.119 e. The Bertz CT molecular complexity index is 566. The van der Waals surface area contributed by atoms with E-state index in [1.54, 1.807) is 0 Å². The van der Waals surface area contributed by atoms with Gasteiger partial charge in [0.15, 0.2) is 0 Å². The van der Waals surface area contributed by atoms with Crippen LogP contribution in [-0.2, 0) is 19.4 Å². The summed E-state index contributed by atoms with van der Waals surface area (Å²) >= 11 is 0. The van der Waals surface area contributed by atoms with Crippen molar-refractivity contribution in [3.63, 3.8) is 0 Å². The van der Waals surface area contributed by atoms with Crippen LogP contribution < -0.4 is 4.74 Å². The van der Waals surface area contributed by atoms with Crippen molar-refractivity contribution in [2.24, 2.45) is 0 Å². The summed E-state index contributed by atoms with van der Waals surface area (Å²) in [6.07, 6.45) is 4.99. The zero-order chi connectivity index (χ0) is 15.2. The number of ether oxygens (including phenoxy) is 1. The maximum atomic E-state index is 5.73. The van der Waals surface area contributed by atoms with Gasteiger partial charge in [-0.2, -0.15) is 0 Å². The van der Waals surface area contributed by atoms with Crippen LogP contribution in [0.3, 0.4) is 0 Å². The highest BCUT2D eigenvalue weighted by atomic mass is 16.5. The van der Waals surface area contributed by atoms with Crippen LogP contribution in [0, 0.1) is 13.8 Å². The molecule has 0 atom stereocenters. The van der Waals surface area contributed by atoms with Crippen LogP contribution in [0.15, 0.2) is 18.3 Å². The molecule has 0 aliphatic rings. The molecular formula is C17H25N3O. The van der Waals surface area contributed by atoms with Gasteiger partial charge in [-0.3, -0.25) is 4.68 Å². The van der Waals surface area contributed by atoms with Crippen molar-refractivity contribution in [3.05, 3.63) is 40.7 Å². The summed E-state index contributed by atoms with van der Waals surface area (Å²) in [7, 11) is 0. The van der Waals surface area contributed by atoms with Crippen molar-refractivity contribution in [3.8, 4) is 5.75 Å². The third kappa shape index (κ3) is 4.06. The second-order valence-electron chi connectivity index (χ2n) is 5.45. The molecule has 0 radical (unpaired) electrons. The third-order valence-corrected chi connectivity index (χ3v) is 3.68. The summed E-state index contributed by atoms with van der Waals surface area (Å²) in [5, 5.41) is 8.29. The van der Waals surface area contributed by atoms with E-state index in [1.807, 2.05) is 10.9 Å². The number of hydrogen-bond donors (Lipinski definition) is 0. The lowest BCUT2D eigenvalue weighted by atomic mass is 9.97. The molecular weight excluding hydrogens is 262 g/mol. The lowest BCUT2D eigenvalue weighted by Gasteiger charge is -2.13. The van der Waals surface area contributed by atoms with Gasteiger partial charge in [-0.25, -0.2) is 0 Å². The Balaban J connectivity index is 2.05. The lowest BCUT2D eigenvalue weighted by molar-refractivity contribution is 0.317. The van der Waals surface area contributed by atoms with Gasteiger partial charge in [-0.05, 0) is 68.9 Å². The molecule has 0 saturated carbocycles. The van der Waals surface area contributed by atoms with Crippen LogP contribution in [0.25, 0.3) is 0 Å². The van der Waals surface area contributed by atoms with Gasteiger partial charge >= 0.3 is 0 Å². The number of benzene rings is 1. The Morgan fingerprint density at radius 1 is 1.10 bits per heavy atom. The van der Waals surface area contributed by atoms with E-state index < -0.39 is 0 Å². The molecule has 4 heteroatoms. The van der Waals surface area contributed by atoms with E-state index in [0.29, 0.717) is 0 Å². The van der Waals surface area contributed by atoms with Gasteiger partial charge in [-0.1, -0.05) is 12.1 Å². The largest absolute Gasteiger partial charge is 0.494 e. The summed E-state index contributed by atoms with van der Waals surface area (Å²) in [6, 6.07) is 4.28. The molecule has 0 unspecified atom stereocenters. The van der Waals surface area contributed by atoms with Crippen LogP contribution >= 0.6 is 0 Å². The van der Waals surface area contributed by atoms with Gasteiger partial charge in [0.05, 0.1) is 12.3 Å². The second kappa shape index (κ2) is 7.25. The van der Waals surface area contributed by atoms with Crippen molar-refractivity contribution < 1.29 is 4.74 Å². The molecule has 1 heterocycles. The molecule has 0 aliphatic heterocycles. The van der Waals surface area contributed by atoms with Gasteiger partial charge in [0, 0.05) is 12.7 Å². The first kappa shape index (κ1) is 15.5.